The average Bonchev–Trinajstić information content (AvgIpc) is 2.29. The van der Waals surface area contributed by atoms with Crippen molar-refractivity contribution in [3.8, 4) is 5.75 Å². The number of nitrogens with two attached hydrogens (primary N) is 2. The van der Waals surface area contributed by atoms with E-state index in [9.17, 15) is 0 Å². The molecule has 1 rings (SSSR count). The van der Waals surface area contributed by atoms with Crippen LogP contribution in [0.1, 0.15) is 12.0 Å². The van der Waals surface area contributed by atoms with Gasteiger partial charge in [0.2, 0.25) is 0 Å². The molecule has 1 aromatic carbocycles. The first-order chi connectivity index (χ1) is 8.13. The number of rotatable bonds is 6. The highest BCUT2D eigenvalue weighted by molar-refractivity contribution is 9.09. The molecule has 0 aliphatic carbocycles. The summed E-state index contributed by atoms with van der Waals surface area (Å²) in [7, 11) is 0. The van der Waals surface area contributed by atoms with Gasteiger partial charge in [0.05, 0.1) is 18.2 Å². The molecule has 0 saturated heterocycles. The van der Waals surface area contributed by atoms with Crippen molar-refractivity contribution in [2.75, 3.05) is 11.9 Å². The maximum Gasteiger partial charge on any atom is 0.186 e. The van der Waals surface area contributed by atoms with Crippen molar-refractivity contribution in [1.29, 1.82) is 0 Å². The molecule has 0 fully saturated rings. The van der Waals surface area contributed by atoms with Gasteiger partial charge in [0.1, 0.15) is 5.75 Å². The molecule has 0 spiro atoms. The van der Waals surface area contributed by atoms with E-state index in [2.05, 4.69) is 20.9 Å². The average molecular weight is 321 g/mol. The molecular formula is C11H15BrClN3O. The summed E-state index contributed by atoms with van der Waals surface area (Å²) >= 11 is 9.41. The second kappa shape index (κ2) is 7.40. The monoisotopic (exact) mass is 319 g/mol. The molecule has 94 valence electrons. The van der Waals surface area contributed by atoms with Gasteiger partial charge in [-0.25, -0.2) is 4.99 Å². The Hall–Kier alpha value is -0.940. The molecule has 0 saturated carbocycles. The summed E-state index contributed by atoms with van der Waals surface area (Å²) < 4.78 is 5.51. The van der Waals surface area contributed by atoms with Gasteiger partial charge in [-0.1, -0.05) is 33.6 Å². The minimum atomic E-state index is 0.0683. The van der Waals surface area contributed by atoms with Gasteiger partial charge in [-0.2, -0.15) is 0 Å². The number of nitrogens with zero attached hydrogens (tertiary/aromatic N) is 1. The molecule has 0 aromatic heterocycles. The van der Waals surface area contributed by atoms with Gasteiger partial charge in [-0.3, -0.25) is 0 Å². The van der Waals surface area contributed by atoms with E-state index in [0.29, 0.717) is 23.9 Å². The molecular weight excluding hydrogens is 305 g/mol. The molecule has 0 radical (unpaired) electrons. The molecule has 0 atom stereocenters. The zero-order valence-electron chi connectivity index (χ0n) is 9.33. The highest BCUT2D eigenvalue weighted by Gasteiger charge is 2.02. The number of hydrogen-bond acceptors (Lipinski definition) is 2. The molecule has 4 N–H and O–H groups in total. The number of alkyl halides is 1. The van der Waals surface area contributed by atoms with Crippen LogP contribution in [0.3, 0.4) is 0 Å². The van der Waals surface area contributed by atoms with Gasteiger partial charge in [0.15, 0.2) is 5.96 Å². The van der Waals surface area contributed by atoms with Crippen molar-refractivity contribution in [3.05, 3.63) is 28.8 Å². The van der Waals surface area contributed by atoms with E-state index in [4.69, 9.17) is 27.8 Å². The van der Waals surface area contributed by atoms with Gasteiger partial charge >= 0.3 is 0 Å². The Morgan fingerprint density at radius 1 is 1.41 bits per heavy atom. The summed E-state index contributed by atoms with van der Waals surface area (Å²) in [5.74, 6) is 0.750. The van der Waals surface area contributed by atoms with Gasteiger partial charge < -0.3 is 16.2 Å². The molecule has 6 heteroatoms. The van der Waals surface area contributed by atoms with E-state index in [-0.39, 0.29) is 5.96 Å². The minimum Gasteiger partial charge on any atom is -0.492 e. The Balaban J connectivity index is 2.62. The fourth-order valence-electron chi connectivity index (χ4n) is 1.18. The number of hydrogen-bond donors (Lipinski definition) is 2. The normalized spacial score (nSPS) is 10.0. The molecule has 1 aromatic rings. The Labute approximate surface area is 114 Å². The van der Waals surface area contributed by atoms with Crippen LogP contribution in [0, 0.1) is 0 Å². The van der Waals surface area contributed by atoms with Crippen LogP contribution in [-0.2, 0) is 6.54 Å². The van der Waals surface area contributed by atoms with Gasteiger partial charge in [0.25, 0.3) is 0 Å². The smallest absolute Gasteiger partial charge is 0.186 e. The van der Waals surface area contributed by atoms with Crippen molar-refractivity contribution in [2.24, 2.45) is 16.5 Å². The van der Waals surface area contributed by atoms with Gasteiger partial charge in [-0.15, -0.1) is 0 Å². The van der Waals surface area contributed by atoms with Gasteiger partial charge in [-0.05, 0) is 24.1 Å². The van der Waals surface area contributed by atoms with Gasteiger partial charge in [0, 0.05) is 5.33 Å². The lowest BCUT2D eigenvalue weighted by Crippen LogP contribution is -2.22. The topological polar surface area (TPSA) is 73.6 Å². The zero-order chi connectivity index (χ0) is 12.7. The van der Waals surface area contributed by atoms with Crippen LogP contribution in [0.25, 0.3) is 0 Å². The van der Waals surface area contributed by atoms with Crippen LogP contribution < -0.4 is 16.2 Å². The lowest BCUT2D eigenvalue weighted by atomic mass is 10.2. The zero-order valence-corrected chi connectivity index (χ0v) is 11.7. The summed E-state index contributed by atoms with van der Waals surface area (Å²) in [5.41, 5.74) is 11.5. The molecule has 0 unspecified atom stereocenters. The Bertz CT molecular complexity index is 394. The molecule has 0 bridgehead atoms. The van der Waals surface area contributed by atoms with Crippen LogP contribution in [0.5, 0.6) is 5.75 Å². The quantitative estimate of drug-likeness (QED) is 0.365. The van der Waals surface area contributed by atoms with E-state index in [1.807, 2.05) is 12.1 Å². The fourth-order valence-corrected chi connectivity index (χ4v) is 1.67. The number of aliphatic imine (C=N–C) groups is 1. The number of benzene rings is 1. The van der Waals surface area contributed by atoms with Crippen molar-refractivity contribution in [2.45, 2.75) is 13.0 Å². The fraction of sp³-hybridized carbons (Fsp3) is 0.364. The highest BCUT2D eigenvalue weighted by atomic mass is 79.9. The van der Waals surface area contributed by atoms with Crippen LogP contribution in [0.4, 0.5) is 0 Å². The first-order valence-corrected chi connectivity index (χ1v) is 6.66. The SMILES string of the molecule is NC(N)=NCc1ccc(OCCCBr)c(Cl)c1. The summed E-state index contributed by atoms with van der Waals surface area (Å²) in [6.07, 6.45) is 0.937. The summed E-state index contributed by atoms with van der Waals surface area (Å²) in [6.45, 7) is 1.06. The predicted molar refractivity (Wildman–Crippen MR) is 74.9 cm³/mol. The van der Waals surface area contributed by atoms with Crippen molar-refractivity contribution in [1.82, 2.24) is 0 Å². The summed E-state index contributed by atoms with van der Waals surface area (Å²) in [5, 5.41) is 1.48. The van der Waals surface area contributed by atoms with E-state index in [1.54, 1.807) is 6.07 Å². The minimum absolute atomic E-state index is 0.0683. The van der Waals surface area contributed by atoms with E-state index in [0.717, 1.165) is 17.3 Å². The second-order valence-electron chi connectivity index (χ2n) is 3.40. The Morgan fingerprint density at radius 3 is 2.76 bits per heavy atom. The molecule has 0 aliphatic rings. The number of halogens is 2. The van der Waals surface area contributed by atoms with Crippen molar-refractivity contribution >= 4 is 33.5 Å². The first kappa shape index (κ1) is 14.1. The van der Waals surface area contributed by atoms with Crippen LogP contribution >= 0.6 is 27.5 Å². The Morgan fingerprint density at radius 2 is 2.18 bits per heavy atom. The van der Waals surface area contributed by atoms with Crippen molar-refractivity contribution in [3.63, 3.8) is 0 Å². The largest absolute Gasteiger partial charge is 0.492 e. The van der Waals surface area contributed by atoms with E-state index >= 15 is 0 Å². The second-order valence-corrected chi connectivity index (χ2v) is 4.60. The maximum absolute atomic E-state index is 6.08. The third-order valence-corrected chi connectivity index (χ3v) is 2.83. The molecule has 17 heavy (non-hydrogen) atoms. The Kier molecular flexibility index (Phi) is 6.15. The number of ether oxygens (including phenoxy) is 1. The van der Waals surface area contributed by atoms with Crippen molar-refractivity contribution < 1.29 is 4.74 Å². The molecule has 0 heterocycles. The maximum atomic E-state index is 6.08. The highest BCUT2D eigenvalue weighted by Crippen LogP contribution is 2.25. The molecule has 4 nitrogen and oxygen atoms in total. The number of guanidine groups is 1. The van der Waals surface area contributed by atoms with Crippen LogP contribution in [0.2, 0.25) is 5.02 Å². The van der Waals surface area contributed by atoms with E-state index < -0.39 is 0 Å². The van der Waals surface area contributed by atoms with Crippen LogP contribution in [0.15, 0.2) is 23.2 Å². The van der Waals surface area contributed by atoms with E-state index in [1.165, 1.54) is 0 Å². The molecule has 0 amide bonds. The lowest BCUT2D eigenvalue weighted by molar-refractivity contribution is 0.319. The molecule has 0 aliphatic heterocycles. The van der Waals surface area contributed by atoms with Crippen LogP contribution in [-0.4, -0.2) is 17.9 Å². The lowest BCUT2D eigenvalue weighted by Gasteiger charge is -2.08. The summed E-state index contributed by atoms with van der Waals surface area (Å²) in [4.78, 5) is 3.91. The first-order valence-electron chi connectivity index (χ1n) is 5.16. The summed E-state index contributed by atoms with van der Waals surface area (Å²) in [6, 6.07) is 5.52. The standard InChI is InChI=1S/C11H15BrClN3O/c12-4-1-5-17-10-3-2-8(6-9(10)13)7-16-11(14)15/h2-3,6H,1,4-5,7H2,(H4,14,15,16). The third kappa shape index (κ3) is 5.28. The third-order valence-electron chi connectivity index (χ3n) is 1.98. The predicted octanol–water partition coefficient (Wildman–Crippen LogP) is 2.28.